The van der Waals surface area contributed by atoms with Crippen molar-refractivity contribution in [2.45, 2.75) is 0 Å². The largest absolute Gasteiger partial charge is 0.0312 e. The summed E-state index contributed by atoms with van der Waals surface area (Å²) in [7, 11) is -10.7. The van der Waals surface area contributed by atoms with Gasteiger partial charge in [0.1, 0.15) is 0 Å². The maximum absolute atomic E-state index is 10.7. The molecule has 0 aromatic carbocycles. The normalized spacial score (nSPS) is 22.6. The van der Waals surface area contributed by atoms with E-state index in [0.717, 1.165) is 0 Å². The minimum absolute atomic E-state index is 0. The molecule has 8 heteroatoms. The third-order valence-electron chi connectivity index (χ3n) is 1.44. The van der Waals surface area contributed by atoms with E-state index in [0.29, 0.717) is 0 Å². The second-order valence-corrected chi connectivity index (χ2v) is 5.38. The van der Waals surface area contributed by atoms with E-state index < -0.39 is 7.81 Å². The van der Waals surface area contributed by atoms with Crippen LogP contribution in [-0.2, 0) is 17.1 Å². The Bertz CT molecular complexity index is 204. The fraction of sp³-hybridized carbons (Fsp3) is 0. The average Bonchev–Trinajstić information content (AvgIpc) is 2.67. The van der Waals surface area contributed by atoms with Crippen LogP contribution in [0.25, 0.3) is 0 Å². The minimum Gasteiger partial charge on any atom is -0.0312 e. The van der Waals surface area contributed by atoms with E-state index in [1.807, 2.05) is 83.5 Å². The van der Waals surface area contributed by atoms with Crippen LogP contribution in [0.5, 0.6) is 0 Å². The van der Waals surface area contributed by atoms with Gasteiger partial charge in [-0.3, -0.25) is 0 Å². The monoisotopic (exact) mass is 370 g/mol. The Morgan fingerprint density at radius 3 is 0.429 bits per heavy atom. The Hall–Kier alpha value is 0.529. The molecular weight excluding hydrogens is 357 g/mol. The first-order chi connectivity index (χ1) is 8.95. The smallest absolute Gasteiger partial charge is 0 e. The number of halogens is 6. The molecule has 0 nitrogen and oxygen atoms in total. The van der Waals surface area contributed by atoms with Gasteiger partial charge in [0.2, 0.25) is 0 Å². The maximum Gasteiger partial charge on any atom is 0 e. The first kappa shape index (κ1) is 23.8. The van der Waals surface area contributed by atoms with Gasteiger partial charge in [0, 0.05) is 17.1 Å². The van der Waals surface area contributed by atoms with Crippen molar-refractivity contribution < 1.29 is 42.3 Å². The van der Waals surface area contributed by atoms with E-state index in [1.54, 1.807) is 0 Å². The summed E-state index contributed by atoms with van der Waals surface area (Å²) in [6, 6.07) is 0. The van der Waals surface area contributed by atoms with Crippen LogP contribution in [0.1, 0.15) is 0 Å². The molecule has 2 fully saturated rings. The molecule has 13 radical (unpaired) electrons. The Morgan fingerprint density at radius 2 is 0.381 bits per heavy atom. The van der Waals surface area contributed by atoms with Gasteiger partial charge in [0.15, 0.2) is 0 Å². The summed E-state index contributed by atoms with van der Waals surface area (Å²) in [4.78, 5) is 0. The summed E-state index contributed by atoms with van der Waals surface area (Å²) in [6.45, 7) is 0. The first-order valence-corrected chi connectivity index (χ1v) is 7.38. The fourth-order valence-electron chi connectivity index (χ4n) is 0.834. The molecular formula is C13H13F6FeP-. The molecule has 0 spiro atoms. The molecule has 0 amide bonds. The summed E-state index contributed by atoms with van der Waals surface area (Å²) >= 11 is 0. The summed E-state index contributed by atoms with van der Waals surface area (Å²) in [5.41, 5.74) is 0. The summed E-state index contributed by atoms with van der Waals surface area (Å²) in [5, 5.41) is 0. The van der Waals surface area contributed by atoms with Crippen molar-refractivity contribution in [2.75, 3.05) is 0 Å². The van der Waals surface area contributed by atoms with Gasteiger partial charge in [0.05, 0.1) is 0 Å². The molecule has 0 atom stereocenters. The van der Waals surface area contributed by atoms with E-state index in [4.69, 9.17) is 0 Å². The number of hydrogen-bond acceptors (Lipinski definition) is 0. The average molecular weight is 370 g/mol. The van der Waals surface area contributed by atoms with Gasteiger partial charge in [-0.2, -0.15) is 0 Å². The maximum atomic E-state index is 9.87. The third-order valence-corrected chi connectivity index (χ3v) is 1.44. The molecule has 0 saturated heterocycles. The summed E-state index contributed by atoms with van der Waals surface area (Å²) < 4.78 is 59.2. The SMILES string of the molecule is F[P-](F)(F)(F)(F)F.[CH]1[CH][CH][CH][CH]1.[CH]1[CH][CH][CH][CH][CH][CH][CH]1.[Fe]. The molecule has 0 unspecified atom stereocenters. The Morgan fingerprint density at radius 1 is 0.333 bits per heavy atom. The predicted octanol–water partition coefficient (Wildman–Crippen LogP) is 6.04. The Labute approximate surface area is 134 Å². The molecule has 2 saturated carbocycles. The van der Waals surface area contributed by atoms with E-state index in [1.165, 1.54) is 0 Å². The van der Waals surface area contributed by atoms with Crippen LogP contribution >= 0.6 is 7.81 Å². The van der Waals surface area contributed by atoms with E-state index >= 15 is 0 Å². The van der Waals surface area contributed by atoms with Crippen LogP contribution in [0.2, 0.25) is 0 Å². The predicted molar refractivity (Wildman–Crippen MR) is 69.5 cm³/mol. The zero-order chi connectivity index (χ0) is 15.6. The van der Waals surface area contributed by atoms with Gasteiger partial charge in [-0.25, -0.2) is 0 Å². The van der Waals surface area contributed by atoms with E-state index in [2.05, 4.69) is 0 Å². The molecule has 0 heterocycles. The molecule has 0 bridgehead atoms. The third kappa shape index (κ3) is 38.5. The second-order valence-electron chi connectivity index (χ2n) is 3.46. The van der Waals surface area contributed by atoms with Crippen molar-refractivity contribution in [3.05, 3.63) is 83.5 Å². The molecule has 2 aliphatic carbocycles. The van der Waals surface area contributed by atoms with Crippen molar-refractivity contribution in [3.63, 3.8) is 0 Å². The Balaban J connectivity index is 0. The van der Waals surface area contributed by atoms with Crippen LogP contribution in [-0.4, -0.2) is 0 Å². The minimum atomic E-state index is -10.7. The topological polar surface area (TPSA) is 0 Å². The number of hydrogen-bond donors (Lipinski definition) is 0. The van der Waals surface area contributed by atoms with Gasteiger partial charge in [0.25, 0.3) is 0 Å². The number of rotatable bonds is 0. The Kier molecular flexibility index (Phi) is 10.9. The van der Waals surface area contributed by atoms with Gasteiger partial charge in [-0.15, -0.1) is 0 Å². The molecule has 0 N–H and O–H groups in total. The van der Waals surface area contributed by atoms with Crippen LogP contribution in [0, 0.1) is 83.5 Å². The zero-order valence-electron chi connectivity index (χ0n) is 10.6. The van der Waals surface area contributed by atoms with Crippen LogP contribution in [0.15, 0.2) is 0 Å². The molecule has 0 aromatic heterocycles. The van der Waals surface area contributed by atoms with Gasteiger partial charge >= 0.3 is 33.0 Å². The molecule has 0 aromatic rings. The van der Waals surface area contributed by atoms with Crippen molar-refractivity contribution in [1.29, 1.82) is 0 Å². The van der Waals surface area contributed by atoms with Gasteiger partial charge < -0.3 is 0 Å². The second kappa shape index (κ2) is 9.62. The van der Waals surface area contributed by atoms with Crippen molar-refractivity contribution >= 4 is 7.81 Å². The van der Waals surface area contributed by atoms with Crippen molar-refractivity contribution in [3.8, 4) is 0 Å². The van der Waals surface area contributed by atoms with E-state index in [-0.39, 0.29) is 17.1 Å². The summed E-state index contributed by atoms with van der Waals surface area (Å²) in [6.07, 6.45) is 26.0. The fourth-order valence-corrected chi connectivity index (χ4v) is 0.834. The molecule has 121 valence electrons. The van der Waals surface area contributed by atoms with Crippen molar-refractivity contribution in [1.82, 2.24) is 0 Å². The first-order valence-electron chi connectivity index (χ1n) is 5.35. The van der Waals surface area contributed by atoms with Gasteiger partial charge in [-0.05, 0) is 83.5 Å². The molecule has 2 aliphatic rings. The summed E-state index contributed by atoms with van der Waals surface area (Å²) in [5.74, 6) is 0. The van der Waals surface area contributed by atoms with Crippen LogP contribution < -0.4 is 0 Å². The van der Waals surface area contributed by atoms with Crippen molar-refractivity contribution in [2.24, 2.45) is 0 Å². The van der Waals surface area contributed by atoms with Gasteiger partial charge in [-0.1, -0.05) is 0 Å². The molecule has 21 heavy (non-hydrogen) atoms. The molecule has 0 aliphatic heterocycles. The molecule has 2 rings (SSSR count). The van der Waals surface area contributed by atoms with Crippen LogP contribution in [0.4, 0.5) is 25.2 Å². The standard InChI is InChI=1S/C8H8.C5H5.F6P.Fe/c1-2-4-6-8-7-5-3-1;1-2-4-5-3-1;1-7(2,3,4,5)6;/h1-8H;1-5H;;/q;;-1;. The van der Waals surface area contributed by atoms with E-state index in [9.17, 15) is 25.2 Å². The quantitative estimate of drug-likeness (QED) is 0.277. The van der Waals surface area contributed by atoms with Crippen LogP contribution in [0.3, 0.4) is 0 Å². The zero-order valence-corrected chi connectivity index (χ0v) is 12.6.